The van der Waals surface area contributed by atoms with Crippen molar-refractivity contribution in [1.82, 2.24) is 4.90 Å². The van der Waals surface area contributed by atoms with Gasteiger partial charge in [0.05, 0.1) is 5.56 Å². The summed E-state index contributed by atoms with van der Waals surface area (Å²) in [6.07, 6.45) is 5.22. The van der Waals surface area contributed by atoms with Crippen LogP contribution in [0.1, 0.15) is 36.0 Å². The monoisotopic (exact) mass is 404 g/mol. The Hall–Kier alpha value is -3.05. The molecule has 4 rings (SSSR count). The van der Waals surface area contributed by atoms with Crippen LogP contribution in [-0.4, -0.2) is 37.1 Å². The first-order valence-electron chi connectivity index (χ1n) is 10.7. The molecule has 30 heavy (non-hydrogen) atoms. The highest BCUT2D eigenvalue weighted by molar-refractivity contribution is 6.00. The molecule has 3 aromatic rings. The fourth-order valence-electron chi connectivity index (χ4n) is 3.88. The van der Waals surface area contributed by atoms with Crippen molar-refractivity contribution in [2.45, 2.75) is 25.7 Å². The lowest BCUT2D eigenvalue weighted by atomic mass is 10.1. The predicted octanol–water partition coefficient (Wildman–Crippen LogP) is 4.90. The van der Waals surface area contributed by atoms with Crippen LogP contribution in [0.4, 0.5) is 5.69 Å². The number of nitrogens with zero attached hydrogens (tertiary/aromatic N) is 1. The number of rotatable bonds is 6. The van der Waals surface area contributed by atoms with Crippen LogP contribution in [-0.2, 0) is 0 Å². The summed E-state index contributed by atoms with van der Waals surface area (Å²) in [4.78, 5) is 15.1. The number of esters is 1. The third-order valence-electron chi connectivity index (χ3n) is 5.59. The average Bonchev–Trinajstić information content (AvgIpc) is 3.05. The van der Waals surface area contributed by atoms with Crippen molar-refractivity contribution >= 4 is 22.4 Å². The van der Waals surface area contributed by atoms with Gasteiger partial charge in [-0.05, 0) is 62.3 Å². The van der Waals surface area contributed by atoms with E-state index in [9.17, 15) is 4.79 Å². The Morgan fingerprint density at radius 1 is 0.867 bits per heavy atom. The standard InChI is InChI=1S/C25H28N2O3/c26-23-13-14-24(22-8-4-3-7-21(22)23)30-25(28)19-9-11-20(12-10-19)29-18-17-27-15-5-1-2-6-16-27/h3-4,7-14H,1-2,5-6,15-18,26H2. The van der Waals surface area contributed by atoms with Crippen molar-refractivity contribution in [3.63, 3.8) is 0 Å². The summed E-state index contributed by atoms with van der Waals surface area (Å²) in [5.74, 6) is 0.864. The van der Waals surface area contributed by atoms with Gasteiger partial charge in [0.2, 0.25) is 0 Å². The molecule has 0 bridgehead atoms. The summed E-state index contributed by atoms with van der Waals surface area (Å²) in [6, 6.07) is 18.2. The van der Waals surface area contributed by atoms with Gasteiger partial charge in [-0.25, -0.2) is 4.79 Å². The Balaban J connectivity index is 1.35. The van der Waals surface area contributed by atoms with E-state index in [1.54, 1.807) is 24.3 Å². The summed E-state index contributed by atoms with van der Waals surface area (Å²) >= 11 is 0. The number of carbonyl (C=O) groups excluding carboxylic acids is 1. The smallest absolute Gasteiger partial charge is 0.343 e. The topological polar surface area (TPSA) is 64.8 Å². The van der Waals surface area contributed by atoms with E-state index in [4.69, 9.17) is 15.2 Å². The molecule has 1 saturated heterocycles. The van der Waals surface area contributed by atoms with Crippen molar-refractivity contribution in [2.75, 3.05) is 32.0 Å². The molecule has 3 aromatic carbocycles. The number of hydrogen-bond acceptors (Lipinski definition) is 5. The number of benzene rings is 3. The molecule has 0 spiro atoms. The quantitative estimate of drug-likeness (QED) is 0.360. The maximum absolute atomic E-state index is 12.6. The van der Waals surface area contributed by atoms with Crippen LogP contribution in [0.2, 0.25) is 0 Å². The number of anilines is 1. The number of nitrogens with two attached hydrogens (primary N) is 1. The van der Waals surface area contributed by atoms with Gasteiger partial charge in [-0.1, -0.05) is 37.1 Å². The number of fused-ring (bicyclic) bond motifs is 1. The fourth-order valence-corrected chi connectivity index (χ4v) is 3.88. The molecule has 0 saturated carbocycles. The highest BCUT2D eigenvalue weighted by Crippen LogP contribution is 2.30. The van der Waals surface area contributed by atoms with Crippen LogP contribution < -0.4 is 15.2 Å². The first-order chi connectivity index (χ1) is 14.7. The molecule has 156 valence electrons. The molecule has 2 N–H and O–H groups in total. The highest BCUT2D eigenvalue weighted by Gasteiger charge is 2.13. The van der Waals surface area contributed by atoms with Crippen molar-refractivity contribution in [3.8, 4) is 11.5 Å². The van der Waals surface area contributed by atoms with E-state index in [0.29, 0.717) is 23.6 Å². The van der Waals surface area contributed by atoms with Gasteiger partial charge in [0.1, 0.15) is 18.1 Å². The van der Waals surface area contributed by atoms with Gasteiger partial charge in [0.25, 0.3) is 0 Å². The number of likely N-dealkylation sites (tertiary alicyclic amines) is 1. The van der Waals surface area contributed by atoms with Crippen LogP contribution in [0.3, 0.4) is 0 Å². The minimum atomic E-state index is -0.402. The predicted molar refractivity (Wildman–Crippen MR) is 120 cm³/mol. The minimum absolute atomic E-state index is 0.402. The first kappa shape index (κ1) is 20.2. The normalized spacial score (nSPS) is 14.9. The van der Waals surface area contributed by atoms with Crippen molar-refractivity contribution < 1.29 is 14.3 Å². The van der Waals surface area contributed by atoms with E-state index in [1.165, 1.54) is 25.7 Å². The summed E-state index contributed by atoms with van der Waals surface area (Å²) in [5, 5.41) is 1.69. The zero-order valence-electron chi connectivity index (χ0n) is 17.2. The molecule has 1 aliphatic heterocycles. The summed E-state index contributed by atoms with van der Waals surface area (Å²) in [7, 11) is 0. The maximum atomic E-state index is 12.6. The van der Waals surface area contributed by atoms with E-state index >= 15 is 0 Å². The molecule has 0 aromatic heterocycles. The van der Waals surface area contributed by atoms with Crippen molar-refractivity contribution in [1.29, 1.82) is 0 Å². The minimum Gasteiger partial charge on any atom is -0.492 e. The zero-order valence-corrected chi connectivity index (χ0v) is 17.2. The second-order valence-electron chi connectivity index (χ2n) is 7.72. The molecule has 1 fully saturated rings. The summed E-state index contributed by atoms with van der Waals surface area (Å²) in [6.45, 7) is 3.91. The Bertz CT molecular complexity index is 993. The van der Waals surface area contributed by atoms with E-state index in [1.807, 2.05) is 36.4 Å². The zero-order chi connectivity index (χ0) is 20.8. The highest BCUT2D eigenvalue weighted by atomic mass is 16.5. The largest absolute Gasteiger partial charge is 0.492 e. The lowest BCUT2D eigenvalue weighted by Gasteiger charge is -2.19. The summed E-state index contributed by atoms with van der Waals surface area (Å²) in [5.41, 5.74) is 7.16. The Kier molecular flexibility index (Phi) is 6.50. The number of carbonyl (C=O) groups is 1. The first-order valence-corrected chi connectivity index (χ1v) is 10.7. The lowest BCUT2D eigenvalue weighted by molar-refractivity contribution is 0.0737. The SMILES string of the molecule is Nc1ccc(OC(=O)c2ccc(OCCN3CCCCCC3)cc2)c2ccccc12. The number of hydrogen-bond donors (Lipinski definition) is 1. The molecule has 5 nitrogen and oxygen atoms in total. The molecular weight excluding hydrogens is 376 g/mol. The maximum Gasteiger partial charge on any atom is 0.343 e. The number of nitrogen functional groups attached to an aromatic ring is 1. The van der Waals surface area contributed by atoms with E-state index in [0.717, 1.165) is 36.2 Å². The van der Waals surface area contributed by atoms with Gasteiger partial charge in [0, 0.05) is 23.0 Å². The van der Waals surface area contributed by atoms with Gasteiger partial charge < -0.3 is 15.2 Å². The van der Waals surface area contributed by atoms with E-state index in [-0.39, 0.29) is 0 Å². The van der Waals surface area contributed by atoms with Crippen LogP contribution in [0.5, 0.6) is 11.5 Å². The fraction of sp³-hybridized carbons (Fsp3) is 0.320. The molecule has 0 atom stereocenters. The summed E-state index contributed by atoms with van der Waals surface area (Å²) < 4.78 is 11.5. The van der Waals surface area contributed by atoms with Crippen molar-refractivity contribution in [2.24, 2.45) is 0 Å². The Labute approximate surface area is 177 Å². The lowest BCUT2D eigenvalue weighted by Crippen LogP contribution is -2.29. The van der Waals surface area contributed by atoms with Crippen LogP contribution in [0.15, 0.2) is 60.7 Å². The second-order valence-corrected chi connectivity index (χ2v) is 7.72. The molecule has 1 heterocycles. The van der Waals surface area contributed by atoms with Gasteiger partial charge in [0.15, 0.2) is 0 Å². The number of ether oxygens (including phenoxy) is 2. The Morgan fingerprint density at radius 3 is 2.30 bits per heavy atom. The molecular formula is C25H28N2O3. The van der Waals surface area contributed by atoms with Crippen molar-refractivity contribution in [3.05, 3.63) is 66.2 Å². The molecule has 1 aliphatic rings. The Morgan fingerprint density at radius 2 is 1.57 bits per heavy atom. The van der Waals surface area contributed by atoms with Crippen LogP contribution in [0, 0.1) is 0 Å². The average molecular weight is 405 g/mol. The third-order valence-corrected chi connectivity index (χ3v) is 5.59. The molecule has 0 radical (unpaired) electrons. The third kappa shape index (κ3) is 4.92. The van der Waals surface area contributed by atoms with E-state index < -0.39 is 5.97 Å². The van der Waals surface area contributed by atoms with Gasteiger partial charge in [-0.15, -0.1) is 0 Å². The van der Waals surface area contributed by atoms with Gasteiger partial charge in [-0.3, -0.25) is 4.90 Å². The van der Waals surface area contributed by atoms with Gasteiger partial charge >= 0.3 is 5.97 Å². The van der Waals surface area contributed by atoms with Crippen LogP contribution >= 0.6 is 0 Å². The second kappa shape index (κ2) is 9.63. The van der Waals surface area contributed by atoms with E-state index in [2.05, 4.69) is 4.90 Å². The molecule has 0 unspecified atom stereocenters. The van der Waals surface area contributed by atoms with Crippen LogP contribution in [0.25, 0.3) is 10.8 Å². The molecule has 0 amide bonds. The molecule has 0 aliphatic carbocycles. The molecule has 5 heteroatoms. The van der Waals surface area contributed by atoms with Gasteiger partial charge in [-0.2, -0.15) is 0 Å².